The van der Waals surface area contributed by atoms with E-state index in [0.717, 1.165) is 0 Å². The number of aromatic hydroxyl groups is 1. The van der Waals surface area contributed by atoms with Gasteiger partial charge in [0.15, 0.2) is 12.0 Å². The number of nitrogens with one attached hydrogen (secondary N) is 4. The average molecular weight is 507 g/mol. The fraction of sp³-hybridized carbons (Fsp3) is 0.346. The molecule has 0 bridgehead atoms. The number of pyridine rings is 1. The van der Waals surface area contributed by atoms with Crippen molar-refractivity contribution in [1.29, 1.82) is 5.26 Å². The van der Waals surface area contributed by atoms with Gasteiger partial charge < -0.3 is 25.8 Å². The van der Waals surface area contributed by atoms with Crippen molar-refractivity contribution < 1.29 is 24.6 Å². The molecule has 2 heterocycles. The molecule has 0 radical (unpaired) electrons. The van der Waals surface area contributed by atoms with Crippen LogP contribution in [-0.4, -0.2) is 63.1 Å². The van der Waals surface area contributed by atoms with Crippen LogP contribution < -0.4 is 16.0 Å². The number of aliphatic hydroxyl groups is 1. The van der Waals surface area contributed by atoms with E-state index in [1.165, 1.54) is 13.2 Å². The molecule has 11 nitrogen and oxygen atoms in total. The van der Waals surface area contributed by atoms with Crippen molar-refractivity contribution in [3.63, 3.8) is 0 Å². The molecule has 2 amide bonds. The van der Waals surface area contributed by atoms with Crippen LogP contribution >= 0.6 is 0 Å². The van der Waals surface area contributed by atoms with Crippen LogP contribution in [0.3, 0.4) is 0 Å². The minimum atomic E-state index is -1.55. The summed E-state index contributed by atoms with van der Waals surface area (Å²) in [5.41, 5.74) is 1.64. The number of nitriles is 1. The molecular formula is C26H30N6O5. The number of aromatic amines is 1. The lowest BCUT2D eigenvalue weighted by Crippen LogP contribution is -2.55. The first-order valence-electron chi connectivity index (χ1n) is 11.8. The minimum absolute atomic E-state index is 0.0244. The molecule has 1 aromatic carbocycles. The van der Waals surface area contributed by atoms with Gasteiger partial charge in [-0.1, -0.05) is 19.9 Å². The largest absolute Gasteiger partial charge is 0.493 e. The second-order valence-corrected chi connectivity index (χ2v) is 9.10. The molecule has 37 heavy (non-hydrogen) atoms. The zero-order valence-electron chi connectivity index (χ0n) is 20.8. The van der Waals surface area contributed by atoms with Gasteiger partial charge in [-0.05, 0) is 49.7 Å². The third-order valence-corrected chi connectivity index (χ3v) is 5.82. The monoisotopic (exact) mass is 506 g/mol. The molecule has 2 aromatic heterocycles. The molecule has 194 valence electrons. The van der Waals surface area contributed by atoms with E-state index in [9.17, 15) is 24.6 Å². The van der Waals surface area contributed by atoms with Crippen LogP contribution in [0.5, 0.6) is 5.88 Å². The van der Waals surface area contributed by atoms with Crippen LogP contribution in [0.4, 0.5) is 0 Å². The number of nitrogens with zero attached hydrogens (tertiary/aromatic N) is 2. The SMILES string of the molecule is CNC(O)C(=O)[C@H](Cc1cccnc1O)NC(=O)[C@H](CC(C)C)NC(=O)c1cc2cc(C#N)ccc2[nH]1. The molecule has 0 saturated carbocycles. The van der Waals surface area contributed by atoms with E-state index in [4.69, 9.17) is 5.26 Å². The molecule has 6 N–H and O–H groups in total. The summed E-state index contributed by atoms with van der Waals surface area (Å²) < 4.78 is 0. The molecule has 1 unspecified atom stereocenters. The fourth-order valence-electron chi connectivity index (χ4n) is 3.90. The summed E-state index contributed by atoms with van der Waals surface area (Å²) in [4.78, 5) is 45.9. The Morgan fingerprint density at radius 2 is 1.89 bits per heavy atom. The molecule has 11 heteroatoms. The Morgan fingerprint density at radius 3 is 2.54 bits per heavy atom. The molecule has 0 aliphatic carbocycles. The highest BCUT2D eigenvalue weighted by Crippen LogP contribution is 2.18. The quantitative estimate of drug-likeness (QED) is 0.209. The first kappa shape index (κ1) is 27.3. The molecule has 0 saturated heterocycles. The van der Waals surface area contributed by atoms with Gasteiger partial charge in [0.05, 0.1) is 17.7 Å². The number of fused-ring (bicyclic) bond motifs is 1. The number of benzene rings is 1. The number of hydrogen-bond donors (Lipinski definition) is 6. The maximum absolute atomic E-state index is 13.3. The highest BCUT2D eigenvalue weighted by molar-refractivity contribution is 6.01. The summed E-state index contributed by atoms with van der Waals surface area (Å²) in [5, 5.41) is 37.7. The van der Waals surface area contributed by atoms with E-state index in [2.05, 4.69) is 25.9 Å². The summed E-state index contributed by atoms with van der Waals surface area (Å²) in [7, 11) is 1.39. The van der Waals surface area contributed by atoms with Gasteiger partial charge in [-0.15, -0.1) is 0 Å². The van der Waals surface area contributed by atoms with Crippen LogP contribution in [0.15, 0.2) is 42.6 Å². The van der Waals surface area contributed by atoms with Crippen molar-refractivity contribution in [2.45, 2.75) is 45.0 Å². The maximum atomic E-state index is 13.3. The van der Waals surface area contributed by atoms with Gasteiger partial charge in [0.1, 0.15) is 11.7 Å². The summed E-state index contributed by atoms with van der Waals surface area (Å²) in [6.45, 7) is 3.78. The molecule has 3 rings (SSSR count). The average Bonchev–Trinajstić information content (AvgIpc) is 3.31. The Kier molecular flexibility index (Phi) is 8.95. The Hall–Kier alpha value is -4.27. The zero-order valence-corrected chi connectivity index (χ0v) is 20.8. The van der Waals surface area contributed by atoms with Gasteiger partial charge in [0.2, 0.25) is 11.8 Å². The fourth-order valence-corrected chi connectivity index (χ4v) is 3.90. The van der Waals surface area contributed by atoms with Crippen LogP contribution in [-0.2, 0) is 16.0 Å². The molecule has 3 aromatic rings. The molecule has 0 aliphatic rings. The standard InChI is InChI=1S/C26H30N6O5/c1-14(2)9-20(32-25(36)21-12-17-10-15(13-27)6-7-18(17)30-21)24(35)31-19(22(33)26(37)28-3)11-16-5-4-8-29-23(16)34/h4-8,10,12,14,19-20,26,28,30,37H,9,11H2,1-3H3,(H,29,34)(H,31,35)(H,32,36)/t19-,20-,26?/m0/s1. The highest BCUT2D eigenvalue weighted by atomic mass is 16.3. The number of rotatable bonds is 11. The second-order valence-electron chi connectivity index (χ2n) is 9.10. The lowest BCUT2D eigenvalue weighted by atomic mass is 9.99. The number of Topliss-reactive ketones (excluding diaryl/α,β-unsaturated/α-hetero) is 1. The van der Waals surface area contributed by atoms with Gasteiger partial charge in [-0.25, -0.2) is 4.98 Å². The minimum Gasteiger partial charge on any atom is -0.493 e. The Bertz CT molecular complexity index is 1330. The van der Waals surface area contributed by atoms with E-state index < -0.39 is 35.9 Å². The van der Waals surface area contributed by atoms with Crippen molar-refractivity contribution in [2.24, 2.45) is 5.92 Å². The van der Waals surface area contributed by atoms with Crippen molar-refractivity contribution >= 4 is 28.5 Å². The number of H-pyrrole nitrogens is 1. The van der Waals surface area contributed by atoms with E-state index in [-0.39, 0.29) is 30.3 Å². The number of aliphatic hydroxyl groups excluding tert-OH is 1. The van der Waals surface area contributed by atoms with Crippen molar-refractivity contribution in [3.8, 4) is 11.9 Å². The van der Waals surface area contributed by atoms with Gasteiger partial charge in [-0.3, -0.25) is 19.7 Å². The van der Waals surface area contributed by atoms with Gasteiger partial charge >= 0.3 is 0 Å². The molecule has 0 fully saturated rings. The van der Waals surface area contributed by atoms with Crippen molar-refractivity contribution in [1.82, 2.24) is 25.9 Å². The van der Waals surface area contributed by atoms with Crippen LogP contribution in [0.2, 0.25) is 0 Å². The number of amides is 2. The number of ketones is 1. The number of likely N-dealkylation sites (N-methyl/N-ethyl adjacent to an activating group) is 1. The predicted octanol–water partition coefficient (Wildman–Crippen LogP) is 1.12. The van der Waals surface area contributed by atoms with E-state index >= 15 is 0 Å². The Balaban J connectivity index is 1.82. The number of carbonyl (C=O) groups is 3. The number of carbonyl (C=O) groups excluding carboxylic acids is 3. The topological polar surface area (TPSA) is 180 Å². The molecule has 0 spiro atoms. The van der Waals surface area contributed by atoms with E-state index in [1.807, 2.05) is 19.9 Å². The van der Waals surface area contributed by atoms with E-state index in [1.54, 1.807) is 36.4 Å². The van der Waals surface area contributed by atoms with Crippen LogP contribution in [0.25, 0.3) is 10.9 Å². The van der Waals surface area contributed by atoms with Gasteiger partial charge in [0.25, 0.3) is 5.91 Å². The van der Waals surface area contributed by atoms with Crippen molar-refractivity contribution in [2.75, 3.05) is 7.05 Å². The lowest BCUT2D eigenvalue weighted by Gasteiger charge is -2.25. The zero-order chi connectivity index (χ0) is 27.1. The summed E-state index contributed by atoms with van der Waals surface area (Å²) in [6, 6.07) is 9.57. The summed E-state index contributed by atoms with van der Waals surface area (Å²) in [5.74, 6) is -2.12. The first-order valence-corrected chi connectivity index (χ1v) is 11.8. The third kappa shape index (κ3) is 6.91. The highest BCUT2D eigenvalue weighted by Gasteiger charge is 2.31. The van der Waals surface area contributed by atoms with Crippen LogP contribution in [0.1, 0.15) is 41.9 Å². The molecular weight excluding hydrogens is 476 g/mol. The summed E-state index contributed by atoms with van der Waals surface area (Å²) in [6.07, 6.45) is 0.00107. The number of aromatic nitrogens is 2. The van der Waals surface area contributed by atoms with Crippen LogP contribution in [0, 0.1) is 17.2 Å². The third-order valence-electron chi connectivity index (χ3n) is 5.82. The van der Waals surface area contributed by atoms with Gasteiger partial charge in [0, 0.05) is 29.1 Å². The van der Waals surface area contributed by atoms with Gasteiger partial charge in [-0.2, -0.15) is 5.26 Å². The Labute approximate surface area is 213 Å². The lowest BCUT2D eigenvalue weighted by molar-refractivity contribution is -0.134. The normalized spacial score (nSPS) is 13.5. The second kappa shape index (κ2) is 12.1. The summed E-state index contributed by atoms with van der Waals surface area (Å²) >= 11 is 0. The number of hydrogen-bond acceptors (Lipinski definition) is 8. The van der Waals surface area contributed by atoms with Crippen molar-refractivity contribution in [3.05, 3.63) is 59.4 Å². The first-order chi connectivity index (χ1) is 17.6. The molecule has 3 atom stereocenters. The molecule has 0 aliphatic heterocycles. The predicted molar refractivity (Wildman–Crippen MR) is 135 cm³/mol. The maximum Gasteiger partial charge on any atom is 0.268 e. The van der Waals surface area contributed by atoms with E-state index in [0.29, 0.717) is 22.0 Å². The smallest absolute Gasteiger partial charge is 0.268 e. The Morgan fingerprint density at radius 1 is 1.14 bits per heavy atom.